The molecule has 2 aromatic rings. The summed E-state index contributed by atoms with van der Waals surface area (Å²) in [5, 5.41) is 3.02. The number of nitrogens with zero attached hydrogens (tertiary/aromatic N) is 3. The maximum absolute atomic E-state index is 13.3. The number of anilines is 1. The molecule has 3 amide bonds. The van der Waals surface area contributed by atoms with E-state index in [0.29, 0.717) is 39.3 Å². The molecule has 182 valence electrons. The number of rotatable bonds is 14. The number of unbranched alkanes of at least 4 members (excludes halogenated alkanes) is 1. The molecule has 0 aliphatic heterocycles. The summed E-state index contributed by atoms with van der Waals surface area (Å²) in [6, 6.07) is 11.5. The summed E-state index contributed by atoms with van der Waals surface area (Å²) in [6.45, 7) is 9.03. The number of aromatic nitrogens is 1. The summed E-state index contributed by atoms with van der Waals surface area (Å²) in [5.41, 5.74) is 2.93. The quantitative estimate of drug-likeness (QED) is 0.420. The summed E-state index contributed by atoms with van der Waals surface area (Å²) in [6.07, 6.45) is 5.41. The number of hydrogen-bond donors (Lipinski definition) is 1. The smallest absolute Gasteiger partial charge is 0.322 e. The molecule has 0 saturated carbocycles. The first-order valence-electron chi connectivity index (χ1n) is 12.1. The van der Waals surface area contributed by atoms with Crippen LogP contribution in [-0.2, 0) is 29.5 Å². The van der Waals surface area contributed by atoms with Crippen LogP contribution in [0.5, 0.6) is 0 Å². The lowest BCUT2D eigenvalue weighted by Gasteiger charge is -2.28. The third kappa shape index (κ3) is 8.57. The zero-order chi connectivity index (χ0) is 24.1. The molecule has 0 saturated heterocycles. The van der Waals surface area contributed by atoms with Crippen molar-refractivity contribution in [2.45, 2.75) is 53.0 Å². The maximum Gasteiger partial charge on any atom is 0.322 e. The van der Waals surface area contributed by atoms with Gasteiger partial charge in [-0.3, -0.25) is 4.79 Å². The van der Waals surface area contributed by atoms with Crippen molar-refractivity contribution in [3.8, 4) is 0 Å². The Morgan fingerprint density at radius 3 is 2.42 bits per heavy atom. The summed E-state index contributed by atoms with van der Waals surface area (Å²) in [7, 11) is 1.98. The van der Waals surface area contributed by atoms with Gasteiger partial charge in [0.25, 0.3) is 0 Å². The normalized spacial score (nSPS) is 10.8. The first-order valence-corrected chi connectivity index (χ1v) is 12.1. The number of hydrogen-bond acceptors (Lipinski definition) is 3. The zero-order valence-electron chi connectivity index (χ0n) is 20.7. The molecule has 1 N–H and O–H groups in total. The van der Waals surface area contributed by atoms with Crippen LogP contribution in [-0.4, -0.2) is 59.2 Å². The largest absolute Gasteiger partial charge is 0.382 e. The Kier molecular flexibility index (Phi) is 11.5. The number of ether oxygens (including phenoxy) is 1. The van der Waals surface area contributed by atoms with Crippen LogP contribution in [0, 0.1) is 0 Å². The summed E-state index contributed by atoms with van der Waals surface area (Å²) in [5.74, 6) is -0.0417. The van der Waals surface area contributed by atoms with Gasteiger partial charge >= 0.3 is 6.03 Å². The average molecular weight is 457 g/mol. The van der Waals surface area contributed by atoms with Crippen molar-refractivity contribution in [1.82, 2.24) is 14.4 Å². The van der Waals surface area contributed by atoms with Gasteiger partial charge < -0.3 is 24.4 Å². The van der Waals surface area contributed by atoms with E-state index in [4.69, 9.17) is 4.74 Å². The topological polar surface area (TPSA) is 66.8 Å². The van der Waals surface area contributed by atoms with Gasteiger partial charge in [0, 0.05) is 50.9 Å². The van der Waals surface area contributed by atoms with Crippen LogP contribution in [0.15, 0.2) is 42.6 Å². The van der Waals surface area contributed by atoms with Gasteiger partial charge in [-0.1, -0.05) is 38.5 Å². The van der Waals surface area contributed by atoms with Gasteiger partial charge in [0.1, 0.15) is 6.54 Å². The minimum atomic E-state index is -0.255. The van der Waals surface area contributed by atoms with E-state index >= 15 is 0 Å². The predicted molar refractivity (Wildman–Crippen MR) is 133 cm³/mol. The van der Waals surface area contributed by atoms with Crippen LogP contribution < -0.4 is 5.32 Å². The standard InChI is InChI=1S/C26H40N4O3/c1-5-8-17-29(20-23-14-11-16-28(23)4)25(31)21-30(18-12-19-33-7-3)26(32)27-24-15-10-9-13-22(24)6-2/h9-11,13-16H,5-8,12,17-21H2,1-4H3,(H,27,32). The molecule has 2 rings (SSSR count). The Bertz CT molecular complexity index is 865. The van der Waals surface area contributed by atoms with Crippen molar-refractivity contribution in [2.75, 3.05) is 38.2 Å². The Morgan fingerprint density at radius 1 is 1.00 bits per heavy atom. The first kappa shape index (κ1) is 26.5. The molecule has 0 atom stereocenters. The highest BCUT2D eigenvalue weighted by molar-refractivity contribution is 5.93. The highest BCUT2D eigenvalue weighted by Crippen LogP contribution is 2.16. The van der Waals surface area contributed by atoms with E-state index in [-0.39, 0.29) is 18.5 Å². The van der Waals surface area contributed by atoms with E-state index in [9.17, 15) is 9.59 Å². The van der Waals surface area contributed by atoms with Crippen LogP contribution in [0.2, 0.25) is 0 Å². The van der Waals surface area contributed by atoms with Crippen LogP contribution in [0.4, 0.5) is 10.5 Å². The Balaban J connectivity index is 2.13. The Labute approximate surface area is 198 Å². The summed E-state index contributed by atoms with van der Waals surface area (Å²) >= 11 is 0. The maximum atomic E-state index is 13.3. The molecule has 1 heterocycles. The zero-order valence-corrected chi connectivity index (χ0v) is 20.7. The third-order valence-electron chi connectivity index (χ3n) is 5.71. The van der Waals surface area contributed by atoms with Crippen molar-refractivity contribution in [3.63, 3.8) is 0 Å². The van der Waals surface area contributed by atoms with Gasteiger partial charge in [0.15, 0.2) is 0 Å². The molecule has 0 fully saturated rings. The number of carbonyl (C=O) groups excluding carboxylic acids is 2. The second-order valence-electron chi connectivity index (χ2n) is 8.19. The summed E-state index contributed by atoms with van der Waals surface area (Å²) < 4.78 is 7.48. The molecule has 33 heavy (non-hydrogen) atoms. The van der Waals surface area contributed by atoms with Crippen LogP contribution >= 0.6 is 0 Å². The third-order valence-corrected chi connectivity index (χ3v) is 5.71. The second kappa shape index (κ2) is 14.4. The van der Waals surface area contributed by atoms with E-state index in [1.54, 1.807) is 4.90 Å². The second-order valence-corrected chi connectivity index (χ2v) is 8.19. The number of urea groups is 1. The van der Waals surface area contributed by atoms with Crippen LogP contribution in [0.1, 0.15) is 51.3 Å². The number of carbonyl (C=O) groups is 2. The van der Waals surface area contributed by atoms with Gasteiger partial charge in [0.05, 0.1) is 6.54 Å². The van der Waals surface area contributed by atoms with Crippen molar-refractivity contribution in [2.24, 2.45) is 7.05 Å². The van der Waals surface area contributed by atoms with Crippen molar-refractivity contribution in [1.29, 1.82) is 0 Å². The molecule has 7 nitrogen and oxygen atoms in total. The van der Waals surface area contributed by atoms with E-state index < -0.39 is 0 Å². The molecular formula is C26H40N4O3. The monoisotopic (exact) mass is 456 g/mol. The number of para-hydroxylation sites is 1. The molecule has 0 aliphatic rings. The van der Waals surface area contributed by atoms with Gasteiger partial charge in [-0.25, -0.2) is 4.79 Å². The van der Waals surface area contributed by atoms with E-state index in [1.807, 2.05) is 66.0 Å². The Hall–Kier alpha value is -2.80. The molecule has 0 spiro atoms. The van der Waals surface area contributed by atoms with Crippen molar-refractivity contribution < 1.29 is 14.3 Å². The molecule has 1 aromatic carbocycles. The minimum absolute atomic E-state index is 0.0417. The highest BCUT2D eigenvalue weighted by atomic mass is 16.5. The lowest BCUT2D eigenvalue weighted by atomic mass is 10.1. The van der Waals surface area contributed by atoms with E-state index in [1.165, 1.54) is 0 Å². The highest BCUT2D eigenvalue weighted by Gasteiger charge is 2.22. The Morgan fingerprint density at radius 2 is 1.76 bits per heavy atom. The average Bonchev–Trinajstić information content (AvgIpc) is 3.22. The number of amides is 3. The molecule has 0 radical (unpaired) electrons. The fourth-order valence-electron chi connectivity index (χ4n) is 3.66. The SMILES string of the molecule is CCCCN(Cc1cccn1C)C(=O)CN(CCCOCC)C(=O)Nc1ccccc1CC. The van der Waals surface area contributed by atoms with Crippen molar-refractivity contribution in [3.05, 3.63) is 53.9 Å². The van der Waals surface area contributed by atoms with Gasteiger partial charge in [0.2, 0.25) is 5.91 Å². The van der Waals surface area contributed by atoms with Gasteiger partial charge in [-0.05, 0) is 49.9 Å². The molecule has 0 unspecified atom stereocenters. The summed E-state index contributed by atoms with van der Waals surface area (Å²) in [4.78, 5) is 30.0. The lowest BCUT2D eigenvalue weighted by molar-refractivity contribution is -0.132. The predicted octanol–water partition coefficient (Wildman–Crippen LogP) is 4.68. The number of benzene rings is 1. The van der Waals surface area contributed by atoms with Gasteiger partial charge in [-0.15, -0.1) is 0 Å². The molecular weight excluding hydrogens is 416 g/mol. The molecule has 0 bridgehead atoms. The number of nitrogens with one attached hydrogen (secondary N) is 1. The van der Waals surface area contributed by atoms with Crippen LogP contribution in [0.25, 0.3) is 0 Å². The van der Waals surface area contributed by atoms with E-state index in [2.05, 4.69) is 19.2 Å². The molecule has 7 heteroatoms. The minimum Gasteiger partial charge on any atom is -0.382 e. The van der Waals surface area contributed by atoms with Crippen LogP contribution in [0.3, 0.4) is 0 Å². The number of aryl methyl sites for hydroxylation is 2. The van der Waals surface area contributed by atoms with Crippen molar-refractivity contribution >= 4 is 17.6 Å². The van der Waals surface area contributed by atoms with Gasteiger partial charge in [-0.2, -0.15) is 0 Å². The fraction of sp³-hybridized carbons (Fsp3) is 0.538. The lowest BCUT2D eigenvalue weighted by Crippen LogP contribution is -2.45. The fourth-order valence-corrected chi connectivity index (χ4v) is 3.66. The first-order chi connectivity index (χ1) is 16.0. The molecule has 1 aromatic heterocycles. The van der Waals surface area contributed by atoms with E-state index in [0.717, 1.165) is 36.2 Å². The molecule has 0 aliphatic carbocycles.